The number of fused-ring (bicyclic) bond motifs is 1. The number of halogens is 3. The first-order chi connectivity index (χ1) is 16.0. The summed E-state index contributed by atoms with van der Waals surface area (Å²) in [5, 5.41) is 14.0. The zero-order valence-corrected chi connectivity index (χ0v) is 19.5. The average molecular weight is 492 g/mol. The zero-order chi connectivity index (χ0) is 23.0. The van der Waals surface area contributed by atoms with Gasteiger partial charge in [0.1, 0.15) is 10.8 Å². The molecule has 5 aromatic rings. The highest BCUT2D eigenvalue weighted by molar-refractivity contribution is 6.43. The fourth-order valence-corrected chi connectivity index (χ4v) is 5.00. The van der Waals surface area contributed by atoms with Gasteiger partial charge in [0.15, 0.2) is 0 Å². The van der Waals surface area contributed by atoms with Gasteiger partial charge in [-0.1, -0.05) is 89.4 Å². The Morgan fingerprint density at radius 3 is 2.09 bits per heavy atom. The van der Waals surface area contributed by atoms with E-state index in [0.29, 0.717) is 43.2 Å². The Morgan fingerprint density at radius 1 is 0.697 bits per heavy atom. The van der Waals surface area contributed by atoms with Crippen LogP contribution in [0.5, 0.6) is 0 Å². The molecule has 0 aliphatic carbocycles. The predicted molar refractivity (Wildman–Crippen MR) is 135 cm³/mol. The van der Waals surface area contributed by atoms with Gasteiger partial charge in [0.05, 0.1) is 10.5 Å². The summed E-state index contributed by atoms with van der Waals surface area (Å²) >= 11 is 19.8. The Morgan fingerprint density at radius 2 is 1.36 bits per heavy atom. The van der Waals surface area contributed by atoms with Crippen molar-refractivity contribution >= 4 is 45.7 Å². The molecule has 0 saturated heterocycles. The molecule has 0 fully saturated rings. The lowest BCUT2D eigenvalue weighted by Gasteiger charge is -2.30. The highest BCUT2D eigenvalue weighted by atomic mass is 35.5. The van der Waals surface area contributed by atoms with E-state index in [9.17, 15) is 5.11 Å². The van der Waals surface area contributed by atoms with Gasteiger partial charge in [-0.25, -0.2) is 4.98 Å². The van der Waals surface area contributed by atoms with Crippen molar-refractivity contribution in [2.75, 3.05) is 0 Å². The lowest BCUT2D eigenvalue weighted by molar-refractivity contribution is 0.126. The molecule has 0 bridgehead atoms. The highest BCUT2D eigenvalue weighted by Gasteiger charge is 2.34. The monoisotopic (exact) mass is 490 g/mol. The minimum Gasteiger partial charge on any atom is -0.376 e. The van der Waals surface area contributed by atoms with Crippen LogP contribution in [0.4, 0.5) is 0 Å². The van der Waals surface area contributed by atoms with Crippen LogP contribution >= 0.6 is 34.8 Å². The second kappa shape index (κ2) is 8.77. The summed E-state index contributed by atoms with van der Waals surface area (Å²) in [5.41, 5.74) is 2.50. The van der Waals surface area contributed by atoms with Crippen molar-refractivity contribution in [3.8, 4) is 11.1 Å². The van der Waals surface area contributed by atoms with E-state index < -0.39 is 5.60 Å². The first-order valence-electron chi connectivity index (χ1n) is 10.2. The van der Waals surface area contributed by atoms with Crippen LogP contribution < -0.4 is 0 Å². The molecular formula is C27H17Cl3N2O. The molecule has 1 N–H and O–H groups in total. The van der Waals surface area contributed by atoms with Crippen LogP contribution in [0.25, 0.3) is 22.0 Å². The topological polar surface area (TPSA) is 46.0 Å². The lowest BCUT2D eigenvalue weighted by Crippen LogP contribution is -2.28. The number of rotatable bonds is 4. The van der Waals surface area contributed by atoms with E-state index in [1.54, 1.807) is 30.6 Å². The number of nitrogens with zero attached hydrogens (tertiary/aromatic N) is 2. The van der Waals surface area contributed by atoms with Crippen molar-refractivity contribution in [3.63, 3.8) is 0 Å². The van der Waals surface area contributed by atoms with Crippen molar-refractivity contribution in [2.24, 2.45) is 0 Å². The van der Waals surface area contributed by atoms with Crippen molar-refractivity contribution in [2.45, 2.75) is 5.60 Å². The Kier molecular flexibility index (Phi) is 5.81. The molecule has 2 aromatic heterocycles. The molecule has 33 heavy (non-hydrogen) atoms. The maximum absolute atomic E-state index is 12.1. The van der Waals surface area contributed by atoms with Gasteiger partial charge >= 0.3 is 0 Å². The maximum Gasteiger partial charge on any atom is 0.140 e. The Hall–Kier alpha value is -2.95. The third kappa shape index (κ3) is 3.77. The van der Waals surface area contributed by atoms with Crippen LogP contribution in [-0.4, -0.2) is 15.1 Å². The Balaban J connectivity index is 1.79. The molecule has 6 heteroatoms. The normalized spacial score (nSPS) is 13.1. The smallest absolute Gasteiger partial charge is 0.140 e. The van der Waals surface area contributed by atoms with Crippen molar-refractivity contribution in [1.82, 2.24) is 9.97 Å². The minimum absolute atomic E-state index is 0.265. The van der Waals surface area contributed by atoms with E-state index in [-0.39, 0.29) is 5.15 Å². The van der Waals surface area contributed by atoms with Gasteiger partial charge in [-0.3, -0.25) is 4.98 Å². The van der Waals surface area contributed by atoms with Crippen LogP contribution in [0.3, 0.4) is 0 Å². The molecule has 0 amide bonds. The van der Waals surface area contributed by atoms with Crippen molar-refractivity contribution in [3.05, 3.63) is 129 Å². The predicted octanol–water partition coefficient (Wildman–Crippen LogP) is 7.54. The van der Waals surface area contributed by atoms with Gasteiger partial charge in [-0.05, 0) is 47.0 Å². The third-order valence-electron chi connectivity index (χ3n) is 5.73. The SMILES string of the molecule is OC(c1ccccc1)(c1ccncc1)c1ccc2nc(Cl)c(-c3ccccc3Cl)c(Cl)c2c1. The highest BCUT2D eigenvalue weighted by Crippen LogP contribution is 2.43. The van der Waals surface area contributed by atoms with Crippen LogP contribution in [-0.2, 0) is 5.60 Å². The first-order valence-corrected chi connectivity index (χ1v) is 11.4. The third-order valence-corrected chi connectivity index (χ3v) is 6.72. The number of hydrogen-bond acceptors (Lipinski definition) is 3. The fraction of sp³-hybridized carbons (Fsp3) is 0.0370. The number of pyridine rings is 2. The van der Waals surface area contributed by atoms with Gasteiger partial charge in [-0.2, -0.15) is 0 Å². The van der Waals surface area contributed by atoms with E-state index in [1.165, 1.54) is 0 Å². The summed E-state index contributed by atoms with van der Waals surface area (Å²) < 4.78 is 0. The summed E-state index contributed by atoms with van der Waals surface area (Å²) in [5.74, 6) is 0. The van der Waals surface area contributed by atoms with Gasteiger partial charge in [0.25, 0.3) is 0 Å². The van der Waals surface area contributed by atoms with Crippen molar-refractivity contribution < 1.29 is 5.11 Å². The Bertz CT molecular complexity index is 1420. The number of aromatic nitrogens is 2. The maximum atomic E-state index is 12.1. The van der Waals surface area contributed by atoms with Gasteiger partial charge in [0, 0.05) is 33.9 Å². The average Bonchev–Trinajstić information content (AvgIpc) is 2.85. The zero-order valence-electron chi connectivity index (χ0n) is 17.2. The second-order valence-corrected chi connectivity index (χ2v) is 8.76. The summed E-state index contributed by atoms with van der Waals surface area (Å²) in [4.78, 5) is 8.66. The van der Waals surface area contributed by atoms with Crippen LogP contribution in [0.2, 0.25) is 15.2 Å². The van der Waals surface area contributed by atoms with Gasteiger partial charge in [0.2, 0.25) is 0 Å². The van der Waals surface area contributed by atoms with E-state index >= 15 is 0 Å². The van der Waals surface area contributed by atoms with Crippen molar-refractivity contribution in [1.29, 1.82) is 0 Å². The number of hydrogen-bond donors (Lipinski definition) is 1. The molecule has 162 valence electrons. The number of aliphatic hydroxyl groups is 1. The first kappa shape index (κ1) is 21.9. The molecule has 0 aliphatic heterocycles. The molecule has 0 aliphatic rings. The molecule has 0 spiro atoms. The molecule has 2 heterocycles. The molecule has 5 rings (SSSR count). The van der Waals surface area contributed by atoms with E-state index in [2.05, 4.69) is 9.97 Å². The molecule has 3 nitrogen and oxygen atoms in total. The summed E-state index contributed by atoms with van der Waals surface area (Å²) in [7, 11) is 0. The van der Waals surface area contributed by atoms with Gasteiger partial charge < -0.3 is 5.11 Å². The number of benzene rings is 3. The quantitative estimate of drug-likeness (QED) is 0.264. The van der Waals surface area contributed by atoms with E-state index in [1.807, 2.05) is 66.7 Å². The molecule has 0 saturated carbocycles. The minimum atomic E-state index is -1.42. The van der Waals surface area contributed by atoms with E-state index in [4.69, 9.17) is 34.8 Å². The summed E-state index contributed by atoms with van der Waals surface area (Å²) in [6.45, 7) is 0. The standard InChI is InChI=1S/C27H17Cl3N2O/c28-22-9-5-4-8-20(22)24-25(29)21-16-19(10-11-23(21)32-26(24)30)27(33,17-6-2-1-3-7-17)18-12-14-31-15-13-18/h1-16,33H. The summed E-state index contributed by atoms with van der Waals surface area (Å²) in [6.07, 6.45) is 3.32. The van der Waals surface area contributed by atoms with E-state index in [0.717, 1.165) is 5.56 Å². The van der Waals surface area contributed by atoms with Crippen LogP contribution in [0.15, 0.2) is 97.3 Å². The molecule has 3 aromatic carbocycles. The van der Waals surface area contributed by atoms with Crippen LogP contribution in [0, 0.1) is 0 Å². The molecule has 0 radical (unpaired) electrons. The largest absolute Gasteiger partial charge is 0.376 e. The fourth-order valence-electron chi connectivity index (χ4n) is 4.09. The molecular weight excluding hydrogens is 475 g/mol. The Labute approximate surface area is 206 Å². The van der Waals surface area contributed by atoms with Crippen LogP contribution in [0.1, 0.15) is 16.7 Å². The lowest BCUT2D eigenvalue weighted by atomic mass is 9.80. The molecule has 1 atom stereocenters. The second-order valence-electron chi connectivity index (χ2n) is 7.62. The summed E-state index contributed by atoms with van der Waals surface area (Å²) in [6, 6.07) is 25.9. The molecule has 1 unspecified atom stereocenters. The van der Waals surface area contributed by atoms with Gasteiger partial charge in [-0.15, -0.1) is 0 Å².